The second kappa shape index (κ2) is 11.9. The van der Waals surface area contributed by atoms with E-state index in [2.05, 4.69) is 42.0 Å². The highest BCUT2D eigenvalue weighted by Gasteiger charge is 2.70. The number of carbonyl (C=O) groups is 3. The van der Waals surface area contributed by atoms with Crippen molar-refractivity contribution in [2.24, 2.45) is 17.8 Å². The van der Waals surface area contributed by atoms with E-state index >= 15 is 0 Å². The number of hydrogen-bond acceptors (Lipinski definition) is 3. The maximum absolute atomic E-state index is 14.9. The summed E-state index contributed by atoms with van der Waals surface area (Å²) in [7, 11) is 0. The lowest BCUT2D eigenvalue weighted by Gasteiger charge is -2.42. The quantitative estimate of drug-likeness (QED) is 0.249. The number of ketones is 1. The smallest absolute Gasteiger partial charge is 0.255 e. The Kier molecular flexibility index (Phi) is 8.51. The minimum absolute atomic E-state index is 0.0118. The molecule has 2 aliphatic heterocycles. The van der Waals surface area contributed by atoms with Crippen LogP contribution in [0.5, 0.6) is 0 Å². The van der Waals surface area contributed by atoms with Crippen LogP contribution in [0, 0.1) is 17.8 Å². The molecule has 1 N–H and O–H groups in total. The number of Topliss-reactive ketones (excluding diaryl/α,β-unsaturated/α-hetero) is 1. The van der Waals surface area contributed by atoms with E-state index in [1.54, 1.807) is 0 Å². The van der Waals surface area contributed by atoms with E-state index < -0.39 is 11.5 Å². The zero-order chi connectivity index (χ0) is 29.3. The van der Waals surface area contributed by atoms with Gasteiger partial charge in [-0.2, -0.15) is 0 Å². The summed E-state index contributed by atoms with van der Waals surface area (Å²) in [5.41, 5.74) is 1.36. The van der Waals surface area contributed by atoms with Gasteiger partial charge >= 0.3 is 0 Å². The van der Waals surface area contributed by atoms with Gasteiger partial charge in [-0.1, -0.05) is 117 Å². The molecule has 5 unspecified atom stereocenters. The number of benzene rings is 3. The third-order valence-corrected chi connectivity index (χ3v) is 9.53. The van der Waals surface area contributed by atoms with Crippen molar-refractivity contribution < 1.29 is 14.4 Å². The molecule has 2 amide bonds. The number of nitrogens with one attached hydrogen (secondary N) is 1. The number of unbranched alkanes of at least 4 members (excludes halogenated alkanes) is 1. The van der Waals surface area contributed by atoms with Gasteiger partial charge in [-0.15, -0.1) is 0 Å². The van der Waals surface area contributed by atoms with Crippen molar-refractivity contribution in [2.75, 3.05) is 5.32 Å². The maximum atomic E-state index is 14.9. The Morgan fingerprint density at radius 2 is 1.63 bits per heavy atom. The topological polar surface area (TPSA) is 66.5 Å². The first-order valence-corrected chi connectivity index (χ1v) is 15.6. The average Bonchev–Trinajstić information content (AvgIpc) is 3.46. The standard InChI is InChI=1S/C35H39BrN2O3/c1-5-7-14-23(6-2)33(40)38-31(22(3)4)29(24-15-10-8-11-16-24)30(32(39)25-17-12-9-13-18-25)35(38)27-21-26(36)19-20-28(27)37-34(35)41/h8-13,15-23,29-31H,5-7,14H2,1-4H3,(H,37,41). The van der Waals surface area contributed by atoms with Crippen molar-refractivity contribution in [3.63, 3.8) is 0 Å². The lowest BCUT2D eigenvalue weighted by Crippen LogP contribution is -2.58. The highest BCUT2D eigenvalue weighted by atomic mass is 79.9. The molecule has 0 aliphatic carbocycles. The summed E-state index contributed by atoms with van der Waals surface area (Å²) in [6.45, 7) is 8.38. The van der Waals surface area contributed by atoms with Gasteiger partial charge in [0.15, 0.2) is 11.3 Å². The molecule has 3 aromatic carbocycles. The highest BCUT2D eigenvalue weighted by molar-refractivity contribution is 9.10. The molecule has 6 heteroatoms. The molecule has 5 rings (SSSR count). The van der Waals surface area contributed by atoms with Gasteiger partial charge in [0.2, 0.25) is 5.91 Å². The molecule has 1 spiro atoms. The molecule has 0 saturated carbocycles. The van der Waals surface area contributed by atoms with Crippen LogP contribution in [0.1, 0.15) is 80.8 Å². The third-order valence-electron chi connectivity index (χ3n) is 9.04. The van der Waals surface area contributed by atoms with Crippen LogP contribution < -0.4 is 5.32 Å². The van der Waals surface area contributed by atoms with Gasteiger partial charge in [-0.25, -0.2) is 0 Å². The van der Waals surface area contributed by atoms with E-state index in [1.165, 1.54) is 0 Å². The van der Waals surface area contributed by atoms with Crippen LogP contribution in [0.3, 0.4) is 0 Å². The third kappa shape index (κ3) is 4.84. The van der Waals surface area contributed by atoms with Gasteiger partial charge in [-0.3, -0.25) is 14.4 Å². The lowest BCUT2D eigenvalue weighted by molar-refractivity contribution is -0.150. The van der Waals surface area contributed by atoms with Gasteiger partial charge < -0.3 is 10.2 Å². The molecule has 41 heavy (non-hydrogen) atoms. The van der Waals surface area contributed by atoms with E-state index in [0.29, 0.717) is 23.2 Å². The van der Waals surface area contributed by atoms with Crippen LogP contribution in [-0.4, -0.2) is 28.5 Å². The van der Waals surface area contributed by atoms with Gasteiger partial charge in [0, 0.05) is 39.2 Å². The van der Waals surface area contributed by atoms with Crippen molar-refractivity contribution in [1.29, 1.82) is 0 Å². The van der Waals surface area contributed by atoms with Gasteiger partial charge in [0.1, 0.15) is 0 Å². The molecule has 1 fully saturated rings. The highest BCUT2D eigenvalue weighted by Crippen LogP contribution is 2.61. The van der Waals surface area contributed by atoms with Crippen molar-refractivity contribution in [2.45, 2.75) is 70.9 Å². The monoisotopic (exact) mass is 614 g/mol. The summed E-state index contributed by atoms with van der Waals surface area (Å²) < 4.78 is 0.799. The van der Waals surface area contributed by atoms with Gasteiger partial charge in [0.05, 0.1) is 5.92 Å². The number of rotatable bonds is 9. The molecule has 2 heterocycles. The lowest BCUT2D eigenvalue weighted by atomic mass is 9.68. The number of halogens is 1. The largest absolute Gasteiger partial charge is 0.323 e. The number of hydrogen-bond donors (Lipinski definition) is 1. The van der Waals surface area contributed by atoms with Gasteiger partial charge in [0.25, 0.3) is 5.91 Å². The number of nitrogens with zero attached hydrogens (tertiary/aromatic N) is 1. The number of amides is 2. The predicted octanol–water partition coefficient (Wildman–Crippen LogP) is 7.96. The van der Waals surface area contributed by atoms with Crippen LogP contribution in [0.2, 0.25) is 0 Å². The molecule has 2 aliphatic rings. The van der Waals surface area contributed by atoms with Crippen molar-refractivity contribution in [3.8, 4) is 0 Å². The number of anilines is 1. The first kappa shape index (κ1) is 29.2. The van der Waals surface area contributed by atoms with Crippen molar-refractivity contribution in [1.82, 2.24) is 4.90 Å². The summed E-state index contributed by atoms with van der Waals surface area (Å²) in [4.78, 5) is 46.3. The zero-order valence-electron chi connectivity index (χ0n) is 24.3. The van der Waals surface area contributed by atoms with Crippen molar-refractivity contribution in [3.05, 3.63) is 100 Å². The SMILES string of the molecule is CCCCC(CC)C(=O)N1C(C(C)C)C(c2ccccc2)C(C(=O)c2ccccc2)C12C(=O)Nc1ccc(Br)cc12. The molecule has 3 aromatic rings. The number of carbonyl (C=O) groups excluding carboxylic acids is 3. The molecule has 0 aromatic heterocycles. The van der Waals surface area contributed by atoms with Crippen LogP contribution in [0.25, 0.3) is 0 Å². The minimum Gasteiger partial charge on any atom is -0.323 e. The molecular weight excluding hydrogens is 576 g/mol. The Labute approximate surface area is 251 Å². The molecular formula is C35H39BrN2O3. The first-order valence-electron chi connectivity index (χ1n) is 14.9. The average molecular weight is 616 g/mol. The second-order valence-corrected chi connectivity index (χ2v) is 12.7. The fourth-order valence-corrected chi connectivity index (χ4v) is 7.58. The van der Waals surface area contributed by atoms with E-state index in [1.807, 2.05) is 90.7 Å². The molecule has 1 saturated heterocycles. The summed E-state index contributed by atoms with van der Waals surface area (Å²) in [6, 6.07) is 24.5. The first-order chi connectivity index (χ1) is 19.8. The Balaban J connectivity index is 1.86. The Hall–Kier alpha value is -3.25. The summed E-state index contributed by atoms with van der Waals surface area (Å²) in [5, 5.41) is 3.10. The summed E-state index contributed by atoms with van der Waals surface area (Å²) in [6.07, 6.45) is 3.35. The van der Waals surface area contributed by atoms with Crippen molar-refractivity contribution >= 4 is 39.2 Å². The molecule has 214 valence electrons. The number of likely N-dealkylation sites (tertiary alicyclic amines) is 1. The Morgan fingerprint density at radius 1 is 0.976 bits per heavy atom. The summed E-state index contributed by atoms with van der Waals surface area (Å²) in [5.74, 6) is -1.91. The van der Waals surface area contributed by atoms with Crippen LogP contribution in [-0.2, 0) is 15.1 Å². The maximum Gasteiger partial charge on any atom is 0.255 e. The van der Waals surface area contributed by atoms with Crippen LogP contribution in [0.15, 0.2) is 83.3 Å². The predicted molar refractivity (Wildman–Crippen MR) is 167 cm³/mol. The molecule has 0 radical (unpaired) electrons. The Bertz CT molecular complexity index is 1420. The fraction of sp³-hybridized carbons (Fsp3) is 0.400. The van der Waals surface area contributed by atoms with E-state index in [9.17, 15) is 14.4 Å². The molecule has 0 bridgehead atoms. The molecule has 5 atom stereocenters. The fourth-order valence-electron chi connectivity index (χ4n) is 7.21. The van der Waals surface area contributed by atoms with E-state index in [-0.39, 0.29) is 41.4 Å². The van der Waals surface area contributed by atoms with E-state index in [4.69, 9.17) is 0 Å². The normalized spacial score (nSPS) is 24.0. The molecule has 5 nitrogen and oxygen atoms in total. The van der Waals surface area contributed by atoms with Crippen LogP contribution >= 0.6 is 15.9 Å². The zero-order valence-corrected chi connectivity index (χ0v) is 25.9. The van der Waals surface area contributed by atoms with Crippen LogP contribution in [0.4, 0.5) is 5.69 Å². The number of fused-ring (bicyclic) bond motifs is 2. The second-order valence-electron chi connectivity index (χ2n) is 11.7. The van der Waals surface area contributed by atoms with E-state index in [0.717, 1.165) is 29.3 Å². The van der Waals surface area contributed by atoms with Gasteiger partial charge in [-0.05, 0) is 42.5 Å². The summed E-state index contributed by atoms with van der Waals surface area (Å²) >= 11 is 3.63. The Morgan fingerprint density at radius 3 is 2.24 bits per heavy atom. The minimum atomic E-state index is -1.49.